The summed E-state index contributed by atoms with van der Waals surface area (Å²) in [5.74, 6) is 0. The van der Waals surface area contributed by atoms with Crippen molar-refractivity contribution in [1.29, 1.82) is 0 Å². The Balaban J connectivity index is 4.83. The Labute approximate surface area is 154 Å². The fourth-order valence-corrected chi connectivity index (χ4v) is 18.5. The van der Waals surface area contributed by atoms with Gasteiger partial charge in [0, 0.05) is 13.1 Å². The highest BCUT2D eigenvalue weighted by Crippen LogP contribution is 2.25. The van der Waals surface area contributed by atoms with Crippen molar-refractivity contribution >= 4 is 33.5 Å². The molecule has 0 heterocycles. The molecule has 0 aliphatic carbocycles. The van der Waals surface area contributed by atoms with Gasteiger partial charge in [-0.15, -0.1) is 0 Å². The largest absolute Gasteiger partial charge is 0.437 e. The zero-order valence-corrected chi connectivity index (χ0v) is 21.5. The summed E-state index contributed by atoms with van der Waals surface area (Å²) in [6.07, 6.45) is 1.89. The summed E-state index contributed by atoms with van der Waals surface area (Å²) in [5, 5.41) is 3.38. The van der Waals surface area contributed by atoms with E-state index in [-0.39, 0.29) is 0 Å². The van der Waals surface area contributed by atoms with E-state index in [4.69, 9.17) is 18.4 Å². The molecule has 0 radical (unpaired) electrons. The van der Waals surface area contributed by atoms with Crippen molar-refractivity contribution in [3.63, 3.8) is 0 Å². The minimum Gasteiger partial charge on any atom is -0.437 e. The van der Waals surface area contributed by atoms with Crippen LogP contribution in [0.4, 0.5) is 0 Å². The Morgan fingerprint density at radius 3 is 1.83 bits per heavy atom. The van der Waals surface area contributed by atoms with Gasteiger partial charge in [-0.2, -0.15) is 0 Å². The number of nitrogens with two attached hydrogens (primary N) is 1. The van der Waals surface area contributed by atoms with Crippen LogP contribution in [0.5, 0.6) is 0 Å². The predicted molar refractivity (Wildman–Crippen MR) is 115 cm³/mol. The van der Waals surface area contributed by atoms with Gasteiger partial charge in [0.05, 0.1) is 6.23 Å². The van der Waals surface area contributed by atoms with Crippen molar-refractivity contribution in [2.24, 2.45) is 5.73 Å². The molecule has 146 valence electrons. The monoisotopic (exact) mass is 410 g/mol. The van der Waals surface area contributed by atoms with E-state index in [0.717, 1.165) is 31.8 Å². The average Bonchev–Trinajstić information content (AvgIpc) is 2.32. The molecule has 0 aliphatic heterocycles. The first-order chi connectivity index (χ1) is 10.7. The first kappa shape index (κ1) is 24.7. The molecule has 0 aliphatic rings. The van der Waals surface area contributed by atoms with E-state index in [1.54, 1.807) is 0 Å². The van der Waals surface area contributed by atoms with Crippen molar-refractivity contribution in [2.45, 2.75) is 71.4 Å². The van der Waals surface area contributed by atoms with E-state index in [0.29, 0.717) is 6.54 Å². The second-order valence-corrected chi connectivity index (χ2v) is 26.1. The van der Waals surface area contributed by atoms with Gasteiger partial charge in [0.1, 0.15) is 0 Å². The molecule has 0 amide bonds. The van der Waals surface area contributed by atoms with Crippen LogP contribution in [0.25, 0.3) is 0 Å². The van der Waals surface area contributed by atoms with Crippen LogP contribution in [0.2, 0.25) is 65.0 Å². The highest BCUT2D eigenvalue weighted by Gasteiger charge is 2.41. The number of rotatable bonds is 13. The molecule has 0 aromatic heterocycles. The Hall–Kier alpha value is 0.668. The SMILES string of the molecule is C[Si](C)(C)OC[Si](C)(CCCNCCN)O[Si](C)(C)O[Si](C)(C)C. The van der Waals surface area contributed by atoms with Crippen LogP contribution in [0.3, 0.4) is 0 Å². The molecule has 24 heavy (non-hydrogen) atoms. The Morgan fingerprint density at radius 2 is 1.38 bits per heavy atom. The number of nitrogens with one attached hydrogen (secondary N) is 1. The van der Waals surface area contributed by atoms with E-state index >= 15 is 0 Å². The number of hydrogen-bond acceptors (Lipinski definition) is 5. The molecule has 0 saturated carbocycles. The summed E-state index contributed by atoms with van der Waals surface area (Å²) in [7, 11) is -7.23. The average molecular weight is 411 g/mol. The fourth-order valence-electron chi connectivity index (χ4n) is 2.69. The van der Waals surface area contributed by atoms with E-state index in [9.17, 15) is 0 Å². The highest BCUT2D eigenvalue weighted by molar-refractivity contribution is 6.88. The highest BCUT2D eigenvalue weighted by atomic mass is 28.5. The lowest BCUT2D eigenvalue weighted by Gasteiger charge is -2.40. The molecule has 0 bridgehead atoms. The third-order valence-corrected chi connectivity index (χ3v) is 15.1. The van der Waals surface area contributed by atoms with E-state index < -0.39 is 33.5 Å². The van der Waals surface area contributed by atoms with Gasteiger partial charge in [0.2, 0.25) is 8.32 Å². The van der Waals surface area contributed by atoms with Crippen LogP contribution < -0.4 is 11.1 Å². The molecule has 0 fully saturated rings. The van der Waals surface area contributed by atoms with Crippen molar-refractivity contribution < 1.29 is 12.7 Å². The zero-order valence-electron chi connectivity index (χ0n) is 17.5. The van der Waals surface area contributed by atoms with Crippen molar-refractivity contribution in [2.75, 3.05) is 25.9 Å². The molecule has 0 rings (SSSR count). The maximum absolute atomic E-state index is 6.74. The summed E-state index contributed by atoms with van der Waals surface area (Å²) in [4.78, 5) is 0. The maximum Gasteiger partial charge on any atom is 0.311 e. The lowest BCUT2D eigenvalue weighted by Crippen LogP contribution is -2.55. The molecule has 1 atom stereocenters. The predicted octanol–water partition coefficient (Wildman–Crippen LogP) is 3.46. The first-order valence-corrected chi connectivity index (χ1v) is 21.6. The molecule has 0 spiro atoms. The summed E-state index contributed by atoms with van der Waals surface area (Å²) < 4.78 is 19.4. The van der Waals surface area contributed by atoms with E-state index in [2.05, 4.69) is 64.2 Å². The minimum atomic E-state index is -2.13. The quantitative estimate of drug-likeness (QED) is 0.359. The van der Waals surface area contributed by atoms with Crippen LogP contribution in [-0.2, 0) is 12.7 Å². The molecule has 0 saturated heterocycles. The Bertz CT molecular complexity index is 360. The fraction of sp³-hybridized carbons (Fsp3) is 1.00. The topological polar surface area (TPSA) is 65.7 Å². The molecular formula is C15H42N2O3Si4. The molecule has 9 heteroatoms. The standard InChI is InChI=1S/C15H42N2O3Si4/c1-21(2,3)18-15-24(9,14-10-12-17-13-11-16)20-23(7,8)19-22(4,5)6/h17H,10-16H2,1-9H3. The lowest BCUT2D eigenvalue weighted by molar-refractivity contribution is 0.321. The van der Waals surface area contributed by atoms with Gasteiger partial charge in [0.25, 0.3) is 0 Å². The molecular weight excluding hydrogens is 369 g/mol. The summed E-state index contributed by atoms with van der Waals surface area (Å²) in [6, 6.07) is 1.10. The van der Waals surface area contributed by atoms with Crippen molar-refractivity contribution in [3.8, 4) is 0 Å². The van der Waals surface area contributed by atoms with Crippen molar-refractivity contribution in [1.82, 2.24) is 5.32 Å². The van der Waals surface area contributed by atoms with Crippen LogP contribution in [-0.4, -0.2) is 59.4 Å². The van der Waals surface area contributed by atoms with E-state index in [1.807, 2.05) is 0 Å². The van der Waals surface area contributed by atoms with E-state index in [1.165, 1.54) is 0 Å². The third-order valence-electron chi connectivity index (χ3n) is 3.23. The normalized spacial score (nSPS) is 16.2. The molecule has 1 unspecified atom stereocenters. The van der Waals surface area contributed by atoms with Gasteiger partial charge >= 0.3 is 8.56 Å². The molecule has 0 aromatic carbocycles. The summed E-state index contributed by atoms with van der Waals surface area (Å²) in [6.45, 7) is 22.7. The van der Waals surface area contributed by atoms with Crippen LogP contribution in [0.15, 0.2) is 0 Å². The molecule has 5 nitrogen and oxygen atoms in total. The van der Waals surface area contributed by atoms with Gasteiger partial charge in [0.15, 0.2) is 16.6 Å². The minimum absolute atomic E-state index is 0.688. The van der Waals surface area contributed by atoms with Gasteiger partial charge in [-0.25, -0.2) is 0 Å². The third kappa shape index (κ3) is 13.9. The zero-order chi connectivity index (χ0) is 19.1. The van der Waals surface area contributed by atoms with Crippen LogP contribution in [0, 0.1) is 0 Å². The van der Waals surface area contributed by atoms with Crippen LogP contribution in [0.1, 0.15) is 6.42 Å². The van der Waals surface area contributed by atoms with Crippen molar-refractivity contribution in [3.05, 3.63) is 0 Å². The van der Waals surface area contributed by atoms with Gasteiger partial charge in [-0.3, -0.25) is 0 Å². The Kier molecular flexibility index (Phi) is 10.4. The van der Waals surface area contributed by atoms with Gasteiger partial charge in [-0.05, 0) is 77.9 Å². The Morgan fingerprint density at radius 1 is 0.792 bits per heavy atom. The van der Waals surface area contributed by atoms with Gasteiger partial charge < -0.3 is 23.7 Å². The smallest absolute Gasteiger partial charge is 0.311 e. The molecule has 0 aromatic rings. The second-order valence-electron chi connectivity index (χ2n) is 9.21. The molecule has 3 N–H and O–H groups in total. The summed E-state index contributed by atoms with van der Waals surface area (Å²) in [5.41, 5.74) is 5.53. The summed E-state index contributed by atoms with van der Waals surface area (Å²) >= 11 is 0. The number of hydrogen-bond donors (Lipinski definition) is 2. The van der Waals surface area contributed by atoms with Gasteiger partial charge in [-0.1, -0.05) is 0 Å². The lowest BCUT2D eigenvalue weighted by atomic mass is 10.5. The van der Waals surface area contributed by atoms with Crippen LogP contribution >= 0.6 is 0 Å². The first-order valence-electron chi connectivity index (χ1n) is 9.13. The maximum atomic E-state index is 6.74. The second kappa shape index (κ2) is 10.1.